The van der Waals surface area contributed by atoms with E-state index in [0.717, 1.165) is 53.3 Å². The third-order valence-corrected chi connectivity index (χ3v) is 7.06. The molecule has 28 heavy (non-hydrogen) atoms. The van der Waals surface area contributed by atoms with Crippen LogP contribution in [0.4, 0.5) is 0 Å². The van der Waals surface area contributed by atoms with Gasteiger partial charge in [-0.15, -0.1) is 10.2 Å². The summed E-state index contributed by atoms with van der Waals surface area (Å²) in [7, 11) is 3.97. The van der Waals surface area contributed by atoms with E-state index >= 15 is 0 Å². The Morgan fingerprint density at radius 3 is 2.75 bits per heavy atom. The summed E-state index contributed by atoms with van der Waals surface area (Å²) in [5.74, 6) is 2.78. The fourth-order valence-electron chi connectivity index (χ4n) is 4.55. The number of nitrogens with zero attached hydrogens (tertiary/aromatic N) is 6. The summed E-state index contributed by atoms with van der Waals surface area (Å²) in [6.07, 6.45) is 7.84. The van der Waals surface area contributed by atoms with E-state index in [1.807, 2.05) is 28.2 Å². The summed E-state index contributed by atoms with van der Waals surface area (Å²) in [6, 6.07) is 0. The number of carbonyl (C=O) groups excluding carboxylic acids is 1. The highest BCUT2D eigenvalue weighted by Crippen LogP contribution is 2.32. The molecule has 1 fully saturated rings. The molecule has 0 radical (unpaired) electrons. The molecule has 3 heterocycles. The first-order valence-electron chi connectivity index (χ1n) is 10.4. The van der Waals surface area contributed by atoms with Crippen molar-refractivity contribution < 1.29 is 4.79 Å². The summed E-state index contributed by atoms with van der Waals surface area (Å²) in [6.45, 7) is 3.52. The minimum Gasteiger partial charge on any atom is -0.338 e. The van der Waals surface area contributed by atoms with Crippen LogP contribution in [0.5, 0.6) is 0 Å². The highest BCUT2D eigenvalue weighted by Gasteiger charge is 2.29. The number of aryl methyl sites for hydroxylation is 1. The van der Waals surface area contributed by atoms with Gasteiger partial charge in [0, 0.05) is 51.3 Å². The first-order chi connectivity index (χ1) is 13.6. The first-order valence-corrected chi connectivity index (χ1v) is 11.4. The van der Waals surface area contributed by atoms with E-state index in [1.165, 1.54) is 31.4 Å². The third-order valence-electron chi connectivity index (χ3n) is 6.16. The summed E-state index contributed by atoms with van der Waals surface area (Å²) in [5, 5.41) is 14.4. The maximum absolute atomic E-state index is 12.8. The fraction of sp³-hybridized carbons (Fsp3) is 0.700. The molecule has 2 aromatic rings. The van der Waals surface area contributed by atoms with Gasteiger partial charge in [0.2, 0.25) is 5.91 Å². The van der Waals surface area contributed by atoms with Crippen LogP contribution < -0.4 is 0 Å². The summed E-state index contributed by atoms with van der Waals surface area (Å²) >= 11 is 1.68. The number of thioether (sulfide) groups is 1. The smallest absolute Gasteiger partial charge is 0.222 e. The van der Waals surface area contributed by atoms with Gasteiger partial charge in [-0.1, -0.05) is 44.4 Å². The zero-order chi connectivity index (χ0) is 19.7. The second-order valence-corrected chi connectivity index (χ2v) is 9.18. The van der Waals surface area contributed by atoms with Crippen LogP contribution in [0.1, 0.15) is 56.7 Å². The number of carbonyl (C=O) groups is 1. The van der Waals surface area contributed by atoms with Crippen LogP contribution in [0.15, 0.2) is 5.16 Å². The van der Waals surface area contributed by atoms with Gasteiger partial charge in [-0.05, 0) is 18.1 Å². The topological polar surface area (TPSA) is 68.8 Å². The van der Waals surface area contributed by atoms with Crippen molar-refractivity contribution in [3.8, 4) is 11.5 Å². The maximum atomic E-state index is 12.8. The quantitative estimate of drug-likeness (QED) is 0.694. The standard InChI is InChI=1S/C20H30N6OS/c1-4-28-20-22-21-19(24(20)2)18-15-13-26(12-11-16(15)25(3)23-18)17(27)10-9-14-7-5-6-8-14/h14H,4-13H2,1-3H3. The lowest BCUT2D eigenvalue weighted by Gasteiger charge is -2.28. The molecule has 0 unspecified atom stereocenters. The number of hydrogen-bond acceptors (Lipinski definition) is 5. The SMILES string of the molecule is CCSc1nnc(-c2nn(C)c3c2CN(C(=O)CCC2CCCC2)CC3)n1C. The minimum absolute atomic E-state index is 0.285. The van der Waals surface area contributed by atoms with Crippen molar-refractivity contribution >= 4 is 17.7 Å². The third kappa shape index (κ3) is 3.71. The van der Waals surface area contributed by atoms with Crippen molar-refractivity contribution in [3.63, 3.8) is 0 Å². The number of aromatic nitrogens is 5. The van der Waals surface area contributed by atoms with E-state index in [-0.39, 0.29) is 5.91 Å². The van der Waals surface area contributed by atoms with E-state index in [9.17, 15) is 4.79 Å². The van der Waals surface area contributed by atoms with Gasteiger partial charge in [0.05, 0.1) is 0 Å². The second-order valence-electron chi connectivity index (χ2n) is 7.95. The molecule has 0 bridgehead atoms. The zero-order valence-electron chi connectivity index (χ0n) is 17.1. The van der Waals surface area contributed by atoms with Crippen LogP contribution in [0, 0.1) is 5.92 Å². The average Bonchev–Trinajstić information content (AvgIpc) is 3.41. The monoisotopic (exact) mass is 402 g/mol. The summed E-state index contributed by atoms with van der Waals surface area (Å²) in [4.78, 5) is 14.9. The average molecular weight is 403 g/mol. The fourth-order valence-corrected chi connectivity index (χ4v) is 5.18. The van der Waals surface area contributed by atoms with Crippen molar-refractivity contribution in [1.82, 2.24) is 29.4 Å². The highest BCUT2D eigenvalue weighted by atomic mass is 32.2. The molecule has 7 nitrogen and oxygen atoms in total. The lowest BCUT2D eigenvalue weighted by molar-refractivity contribution is -0.132. The predicted molar refractivity (Wildman–Crippen MR) is 110 cm³/mol. The lowest BCUT2D eigenvalue weighted by Crippen LogP contribution is -2.36. The number of fused-ring (bicyclic) bond motifs is 1. The Balaban J connectivity index is 1.52. The van der Waals surface area contributed by atoms with Gasteiger partial charge in [0.25, 0.3) is 0 Å². The minimum atomic E-state index is 0.285. The Morgan fingerprint density at radius 2 is 2.00 bits per heavy atom. The summed E-state index contributed by atoms with van der Waals surface area (Å²) in [5.41, 5.74) is 3.21. The van der Waals surface area contributed by atoms with E-state index in [4.69, 9.17) is 5.10 Å². The van der Waals surface area contributed by atoms with Gasteiger partial charge >= 0.3 is 0 Å². The molecule has 152 valence electrons. The van der Waals surface area contributed by atoms with Gasteiger partial charge in [-0.3, -0.25) is 9.48 Å². The molecule has 2 aromatic heterocycles. The van der Waals surface area contributed by atoms with Crippen LogP contribution in [0.2, 0.25) is 0 Å². The Kier molecular flexibility index (Phi) is 5.75. The number of hydrogen-bond donors (Lipinski definition) is 0. The van der Waals surface area contributed by atoms with E-state index in [2.05, 4.69) is 17.1 Å². The summed E-state index contributed by atoms with van der Waals surface area (Å²) < 4.78 is 3.96. The van der Waals surface area contributed by atoms with Gasteiger partial charge < -0.3 is 9.47 Å². The molecular weight excluding hydrogens is 372 g/mol. The predicted octanol–water partition coefficient (Wildman–Crippen LogP) is 3.18. The van der Waals surface area contributed by atoms with Gasteiger partial charge in [-0.2, -0.15) is 5.10 Å². The molecule has 8 heteroatoms. The molecule has 0 N–H and O–H groups in total. The number of amides is 1. The Hall–Kier alpha value is -1.83. The van der Waals surface area contributed by atoms with Crippen molar-refractivity contribution in [3.05, 3.63) is 11.3 Å². The maximum Gasteiger partial charge on any atom is 0.222 e. The van der Waals surface area contributed by atoms with Crippen molar-refractivity contribution in [2.75, 3.05) is 12.3 Å². The Labute approximate surface area is 170 Å². The van der Waals surface area contributed by atoms with Crippen molar-refractivity contribution in [2.24, 2.45) is 20.0 Å². The largest absolute Gasteiger partial charge is 0.338 e. The van der Waals surface area contributed by atoms with Crippen LogP contribution in [0.3, 0.4) is 0 Å². The molecule has 1 aliphatic heterocycles. The first kappa shape index (κ1) is 19.5. The van der Waals surface area contributed by atoms with Crippen LogP contribution in [-0.4, -0.2) is 47.6 Å². The molecule has 0 atom stereocenters. The van der Waals surface area contributed by atoms with Crippen molar-refractivity contribution in [1.29, 1.82) is 0 Å². The van der Waals surface area contributed by atoms with Gasteiger partial charge in [-0.25, -0.2) is 0 Å². The molecule has 0 saturated heterocycles. The molecule has 1 amide bonds. The molecule has 1 saturated carbocycles. The molecule has 4 rings (SSSR count). The van der Waals surface area contributed by atoms with E-state index in [1.54, 1.807) is 11.8 Å². The van der Waals surface area contributed by atoms with Crippen LogP contribution in [0.25, 0.3) is 11.5 Å². The Bertz CT molecular complexity index is 851. The van der Waals surface area contributed by atoms with Crippen LogP contribution in [-0.2, 0) is 31.9 Å². The zero-order valence-corrected chi connectivity index (χ0v) is 18.0. The van der Waals surface area contributed by atoms with Gasteiger partial charge in [0.1, 0.15) is 5.69 Å². The molecule has 0 aromatic carbocycles. The van der Waals surface area contributed by atoms with Crippen molar-refractivity contribution in [2.45, 2.75) is 63.6 Å². The second kappa shape index (κ2) is 8.27. The lowest BCUT2D eigenvalue weighted by atomic mass is 10.00. The van der Waals surface area contributed by atoms with E-state index in [0.29, 0.717) is 13.0 Å². The molecule has 1 aliphatic carbocycles. The highest BCUT2D eigenvalue weighted by molar-refractivity contribution is 7.99. The van der Waals surface area contributed by atoms with Gasteiger partial charge in [0.15, 0.2) is 11.0 Å². The molecular formula is C20H30N6OS. The van der Waals surface area contributed by atoms with E-state index < -0.39 is 0 Å². The molecule has 2 aliphatic rings. The number of rotatable bonds is 6. The molecule has 0 spiro atoms. The Morgan fingerprint density at radius 1 is 1.21 bits per heavy atom. The normalized spacial score (nSPS) is 17.3. The van der Waals surface area contributed by atoms with Crippen LogP contribution >= 0.6 is 11.8 Å².